The zero-order valence-corrected chi connectivity index (χ0v) is 15.2. The van der Waals surface area contributed by atoms with Crippen LogP contribution in [0.2, 0.25) is 0 Å². The van der Waals surface area contributed by atoms with Gasteiger partial charge in [0.25, 0.3) is 5.91 Å². The van der Waals surface area contributed by atoms with Crippen LogP contribution in [0.4, 0.5) is 5.69 Å². The van der Waals surface area contributed by atoms with Crippen molar-refractivity contribution < 1.29 is 14.6 Å². The van der Waals surface area contributed by atoms with Crippen LogP contribution < -0.4 is 4.74 Å². The maximum absolute atomic E-state index is 12.2. The second-order valence-corrected chi connectivity index (χ2v) is 6.19. The molecule has 0 saturated heterocycles. The molecule has 3 aromatic rings. The Morgan fingerprint density at radius 3 is 2.70 bits per heavy atom. The second-order valence-electron chi connectivity index (χ2n) is 6.19. The minimum atomic E-state index is -0.483. The van der Waals surface area contributed by atoms with Gasteiger partial charge in [-0.15, -0.1) is 10.2 Å². The summed E-state index contributed by atoms with van der Waals surface area (Å²) in [5.41, 5.74) is 3.87. The van der Waals surface area contributed by atoms with Gasteiger partial charge in [0.2, 0.25) is 5.88 Å². The number of aromatic nitrogens is 1. The first-order chi connectivity index (χ1) is 12.9. The maximum atomic E-state index is 12.2. The van der Waals surface area contributed by atoms with Crippen molar-refractivity contribution in [3.63, 3.8) is 0 Å². The van der Waals surface area contributed by atoms with E-state index >= 15 is 0 Å². The van der Waals surface area contributed by atoms with Gasteiger partial charge in [0, 0.05) is 5.39 Å². The molecule has 136 valence electrons. The molecule has 1 heterocycles. The van der Waals surface area contributed by atoms with Crippen molar-refractivity contribution >= 4 is 22.5 Å². The number of azo groups is 1. The molecular weight excluding hydrogens is 344 g/mol. The van der Waals surface area contributed by atoms with Gasteiger partial charge < -0.3 is 14.8 Å². The van der Waals surface area contributed by atoms with E-state index in [-0.39, 0.29) is 18.0 Å². The van der Waals surface area contributed by atoms with Crippen molar-refractivity contribution in [2.45, 2.75) is 20.3 Å². The summed E-state index contributed by atoms with van der Waals surface area (Å²) in [6, 6.07) is 10.8. The number of fused-ring (bicyclic) bond motifs is 1. The van der Waals surface area contributed by atoms with Crippen molar-refractivity contribution in [2.75, 3.05) is 7.11 Å². The van der Waals surface area contributed by atoms with E-state index < -0.39 is 5.91 Å². The van der Waals surface area contributed by atoms with Crippen molar-refractivity contribution in [2.24, 2.45) is 10.2 Å². The third-order valence-electron chi connectivity index (χ3n) is 4.33. The van der Waals surface area contributed by atoms with Crippen LogP contribution in [0, 0.1) is 25.2 Å². The minimum Gasteiger partial charge on any atom is -0.495 e. The van der Waals surface area contributed by atoms with E-state index in [0.717, 1.165) is 22.0 Å². The number of nitrogens with one attached hydrogen (secondary N) is 1. The summed E-state index contributed by atoms with van der Waals surface area (Å²) >= 11 is 0. The molecule has 0 radical (unpaired) electrons. The third-order valence-corrected chi connectivity index (χ3v) is 4.33. The highest BCUT2D eigenvalue weighted by Crippen LogP contribution is 2.38. The van der Waals surface area contributed by atoms with Crippen LogP contribution >= 0.6 is 0 Å². The maximum Gasteiger partial charge on any atom is 0.269 e. The van der Waals surface area contributed by atoms with Gasteiger partial charge >= 0.3 is 0 Å². The molecule has 0 bridgehead atoms. The van der Waals surface area contributed by atoms with Gasteiger partial charge in [-0.3, -0.25) is 4.79 Å². The smallest absolute Gasteiger partial charge is 0.269 e. The third kappa shape index (κ3) is 3.51. The number of ether oxygens (including phenoxy) is 1. The fraction of sp³-hybridized carbons (Fsp3) is 0.200. The Kier molecular flexibility index (Phi) is 4.90. The van der Waals surface area contributed by atoms with Crippen molar-refractivity contribution in [1.29, 1.82) is 5.26 Å². The summed E-state index contributed by atoms with van der Waals surface area (Å²) in [6.45, 7) is 3.82. The molecule has 3 rings (SSSR count). The molecule has 2 N–H and O–H groups in total. The molecule has 0 aliphatic carbocycles. The lowest BCUT2D eigenvalue weighted by molar-refractivity contribution is -0.117. The number of hydrogen-bond donors (Lipinski definition) is 2. The number of aryl methyl sites for hydroxylation is 2. The summed E-state index contributed by atoms with van der Waals surface area (Å²) in [5.74, 6) is -0.164. The van der Waals surface area contributed by atoms with Crippen LogP contribution in [0.25, 0.3) is 10.9 Å². The van der Waals surface area contributed by atoms with E-state index in [1.165, 1.54) is 7.11 Å². The summed E-state index contributed by atoms with van der Waals surface area (Å²) < 4.78 is 5.09. The number of methoxy groups -OCH3 is 1. The zero-order chi connectivity index (χ0) is 19.6. The van der Waals surface area contributed by atoms with E-state index in [4.69, 9.17) is 10.00 Å². The highest BCUT2D eigenvalue weighted by molar-refractivity contribution is 5.98. The second kappa shape index (κ2) is 7.30. The Bertz CT molecular complexity index is 1110. The minimum absolute atomic E-state index is 0.0106. The number of nitrogens with zero attached hydrogens (tertiary/aromatic N) is 3. The summed E-state index contributed by atoms with van der Waals surface area (Å²) in [4.78, 5) is 15.1. The van der Waals surface area contributed by atoms with Gasteiger partial charge in [0.1, 0.15) is 11.8 Å². The number of carbonyl (C=O) groups is 1. The molecule has 0 spiro atoms. The van der Waals surface area contributed by atoms with E-state index in [2.05, 4.69) is 15.2 Å². The summed E-state index contributed by atoms with van der Waals surface area (Å²) in [5, 5.41) is 27.7. The Hall–Kier alpha value is -3.66. The fourth-order valence-electron chi connectivity index (χ4n) is 2.94. The van der Waals surface area contributed by atoms with E-state index in [0.29, 0.717) is 16.9 Å². The predicted octanol–water partition coefficient (Wildman–Crippen LogP) is 4.22. The number of aromatic hydroxyl groups is 1. The van der Waals surface area contributed by atoms with E-state index in [1.807, 2.05) is 32.0 Å². The van der Waals surface area contributed by atoms with Crippen LogP contribution in [0.1, 0.15) is 22.3 Å². The molecule has 7 nitrogen and oxygen atoms in total. The average Bonchev–Trinajstić information content (AvgIpc) is 3.00. The largest absolute Gasteiger partial charge is 0.495 e. The quantitative estimate of drug-likeness (QED) is 0.677. The summed E-state index contributed by atoms with van der Waals surface area (Å²) in [6.07, 6.45) is -0.0106. The Morgan fingerprint density at radius 1 is 1.26 bits per heavy atom. The fourth-order valence-corrected chi connectivity index (χ4v) is 2.94. The molecule has 0 aliphatic rings. The van der Waals surface area contributed by atoms with E-state index in [1.54, 1.807) is 18.2 Å². The lowest BCUT2D eigenvalue weighted by Crippen LogP contribution is -1.99. The topological polar surface area (TPSA) is 111 Å². The highest BCUT2D eigenvalue weighted by Gasteiger charge is 2.15. The molecular formula is C20H18N4O3. The van der Waals surface area contributed by atoms with Crippen LogP contribution in [-0.2, 0) is 11.2 Å². The molecule has 2 aromatic carbocycles. The van der Waals surface area contributed by atoms with Crippen LogP contribution in [0.5, 0.6) is 11.6 Å². The molecule has 0 unspecified atom stereocenters. The van der Waals surface area contributed by atoms with E-state index in [9.17, 15) is 9.90 Å². The Balaban J connectivity index is 1.86. The average molecular weight is 362 g/mol. The van der Waals surface area contributed by atoms with Gasteiger partial charge in [-0.25, -0.2) is 0 Å². The number of rotatable bonds is 4. The predicted molar refractivity (Wildman–Crippen MR) is 100 cm³/mol. The van der Waals surface area contributed by atoms with Crippen LogP contribution in [0.15, 0.2) is 40.6 Å². The number of H-pyrrole nitrogens is 1. The number of hydrogen-bond acceptors (Lipinski definition) is 5. The van der Waals surface area contributed by atoms with Crippen molar-refractivity contribution in [3.8, 4) is 17.7 Å². The molecule has 27 heavy (non-hydrogen) atoms. The SMILES string of the molecule is COc1ccc(CC(=O)N=Nc2c(O)[nH]c3c(C)ccc(C)c23)cc1C#N. The van der Waals surface area contributed by atoms with Gasteiger partial charge in [-0.05, 0) is 42.7 Å². The first kappa shape index (κ1) is 18.1. The number of amides is 1. The normalized spacial score (nSPS) is 11.0. The van der Waals surface area contributed by atoms with Crippen LogP contribution in [0.3, 0.4) is 0 Å². The van der Waals surface area contributed by atoms with Gasteiger partial charge in [0.15, 0.2) is 5.69 Å². The van der Waals surface area contributed by atoms with Crippen molar-refractivity contribution in [3.05, 3.63) is 52.6 Å². The molecule has 1 aromatic heterocycles. The molecule has 7 heteroatoms. The molecule has 0 atom stereocenters. The molecule has 0 fully saturated rings. The molecule has 0 saturated carbocycles. The first-order valence-corrected chi connectivity index (χ1v) is 8.27. The zero-order valence-electron chi connectivity index (χ0n) is 15.2. The standard InChI is InChI=1S/C20H18N4O3/c1-11-4-5-12(2)18-17(11)19(20(26)22-18)24-23-16(25)9-13-6-7-15(27-3)14(8-13)10-21/h4-8,22,26H,9H2,1-3H3. The lowest BCUT2D eigenvalue weighted by atomic mass is 10.1. The number of benzene rings is 2. The number of aromatic amines is 1. The monoisotopic (exact) mass is 362 g/mol. The lowest BCUT2D eigenvalue weighted by Gasteiger charge is -2.04. The molecule has 0 aliphatic heterocycles. The van der Waals surface area contributed by atoms with Crippen LogP contribution in [-0.4, -0.2) is 23.1 Å². The Morgan fingerprint density at radius 2 is 2.00 bits per heavy atom. The Labute approximate surface area is 155 Å². The highest BCUT2D eigenvalue weighted by atomic mass is 16.5. The number of nitriles is 1. The van der Waals surface area contributed by atoms with Gasteiger partial charge in [-0.1, -0.05) is 18.2 Å². The summed E-state index contributed by atoms with van der Waals surface area (Å²) in [7, 11) is 1.48. The van der Waals surface area contributed by atoms with Crippen molar-refractivity contribution in [1.82, 2.24) is 4.98 Å². The van der Waals surface area contributed by atoms with Gasteiger partial charge in [-0.2, -0.15) is 5.26 Å². The van der Waals surface area contributed by atoms with Gasteiger partial charge in [0.05, 0.1) is 24.6 Å². The molecule has 1 amide bonds. The number of carbonyl (C=O) groups excluding carboxylic acids is 1. The first-order valence-electron chi connectivity index (χ1n) is 8.27.